The number of rotatable bonds is 5. The minimum Gasteiger partial charge on any atom is -0.487 e. The molecule has 0 radical (unpaired) electrons. The lowest BCUT2D eigenvalue weighted by Crippen LogP contribution is -2.00. The van der Waals surface area contributed by atoms with Gasteiger partial charge in [-0.15, -0.1) is 0 Å². The monoisotopic (exact) mass is 344 g/mol. The first-order valence-corrected chi connectivity index (χ1v) is 9.09. The molecule has 0 N–H and O–H groups in total. The lowest BCUT2D eigenvalue weighted by Gasteiger charge is -2.12. The van der Waals surface area contributed by atoms with E-state index in [1.165, 1.54) is 0 Å². The Morgan fingerprint density at radius 2 is 1.76 bits per heavy atom. The Hall–Kier alpha value is -1.23. The molecule has 0 bridgehead atoms. The third-order valence-corrected chi connectivity index (χ3v) is 4.14. The molecule has 0 atom stereocenters. The van der Waals surface area contributed by atoms with Crippen LogP contribution in [0.5, 0.6) is 5.75 Å². The average Bonchev–Trinajstić information content (AvgIpc) is 2.37. The fourth-order valence-electron chi connectivity index (χ4n) is 2.00. The molecule has 0 spiro atoms. The number of hydrogen-bond acceptors (Lipinski definition) is 3. The average molecular weight is 345 g/mol. The molecule has 0 fully saturated rings. The standard InChI is InChI=1S/C15H14Cl2O3S/c1-11-7-13(10-21(17,18)19)8-14(16)15(11)20-9-12-5-3-2-4-6-12/h2-8H,9-10H2,1H3. The van der Waals surface area contributed by atoms with Gasteiger partial charge in [-0.1, -0.05) is 48.0 Å². The molecule has 0 saturated heterocycles. The highest BCUT2D eigenvalue weighted by molar-refractivity contribution is 8.13. The van der Waals surface area contributed by atoms with E-state index < -0.39 is 9.05 Å². The molecule has 2 rings (SSSR count). The highest BCUT2D eigenvalue weighted by Gasteiger charge is 2.13. The SMILES string of the molecule is Cc1cc(CS(=O)(=O)Cl)cc(Cl)c1OCc1ccccc1. The molecular formula is C15H14Cl2O3S. The van der Waals surface area contributed by atoms with Crippen molar-refractivity contribution in [1.82, 2.24) is 0 Å². The molecule has 2 aromatic carbocycles. The summed E-state index contributed by atoms with van der Waals surface area (Å²) in [6, 6.07) is 13.0. The summed E-state index contributed by atoms with van der Waals surface area (Å²) in [7, 11) is 1.65. The van der Waals surface area contributed by atoms with Gasteiger partial charge in [0.15, 0.2) is 0 Å². The largest absolute Gasteiger partial charge is 0.487 e. The van der Waals surface area contributed by atoms with E-state index in [9.17, 15) is 8.42 Å². The van der Waals surface area contributed by atoms with Crippen molar-refractivity contribution in [1.29, 1.82) is 0 Å². The third-order valence-electron chi connectivity index (χ3n) is 2.85. The number of halogens is 2. The van der Waals surface area contributed by atoms with E-state index in [0.29, 0.717) is 22.9 Å². The lowest BCUT2D eigenvalue weighted by molar-refractivity contribution is 0.304. The molecule has 0 aromatic heterocycles. The van der Waals surface area contributed by atoms with Crippen LogP contribution in [0.15, 0.2) is 42.5 Å². The predicted octanol–water partition coefficient (Wildman–Crippen LogP) is 4.30. The maximum Gasteiger partial charge on any atom is 0.236 e. The zero-order chi connectivity index (χ0) is 15.5. The maximum atomic E-state index is 11.1. The number of ether oxygens (including phenoxy) is 1. The van der Waals surface area contributed by atoms with E-state index in [1.807, 2.05) is 37.3 Å². The van der Waals surface area contributed by atoms with Crippen LogP contribution in [-0.4, -0.2) is 8.42 Å². The summed E-state index contributed by atoms with van der Waals surface area (Å²) in [5.74, 6) is 0.296. The summed E-state index contributed by atoms with van der Waals surface area (Å²) >= 11 is 6.17. The van der Waals surface area contributed by atoms with Crippen molar-refractivity contribution in [3.05, 3.63) is 64.2 Å². The van der Waals surface area contributed by atoms with Gasteiger partial charge < -0.3 is 4.74 Å². The van der Waals surface area contributed by atoms with Gasteiger partial charge in [-0.05, 0) is 29.7 Å². The van der Waals surface area contributed by atoms with E-state index in [1.54, 1.807) is 12.1 Å². The quantitative estimate of drug-likeness (QED) is 0.759. The Labute approximate surface area is 133 Å². The van der Waals surface area contributed by atoms with E-state index in [0.717, 1.165) is 11.1 Å². The molecule has 0 aliphatic rings. The van der Waals surface area contributed by atoms with Gasteiger partial charge in [0.05, 0.1) is 10.8 Å². The second-order valence-corrected chi connectivity index (χ2v) is 7.87. The van der Waals surface area contributed by atoms with Gasteiger partial charge in [0, 0.05) is 10.7 Å². The van der Waals surface area contributed by atoms with Gasteiger partial charge in [0.25, 0.3) is 0 Å². The van der Waals surface area contributed by atoms with Crippen molar-refractivity contribution in [2.45, 2.75) is 19.3 Å². The Bertz CT molecular complexity index is 705. The maximum absolute atomic E-state index is 11.1. The van der Waals surface area contributed by atoms with E-state index in [4.69, 9.17) is 27.0 Å². The molecular weight excluding hydrogens is 331 g/mol. The smallest absolute Gasteiger partial charge is 0.236 e. The zero-order valence-corrected chi connectivity index (χ0v) is 13.7. The molecule has 0 heterocycles. The van der Waals surface area contributed by atoms with Crippen LogP contribution in [0, 0.1) is 6.92 Å². The highest BCUT2D eigenvalue weighted by Crippen LogP contribution is 2.31. The highest BCUT2D eigenvalue weighted by atomic mass is 35.7. The first-order chi connectivity index (χ1) is 9.85. The lowest BCUT2D eigenvalue weighted by atomic mass is 10.1. The number of benzene rings is 2. The molecule has 112 valence electrons. The van der Waals surface area contributed by atoms with Crippen LogP contribution in [0.25, 0.3) is 0 Å². The number of hydrogen-bond donors (Lipinski definition) is 0. The van der Waals surface area contributed by atoms with Crippen LogP contribution in [0.1, 0.15) is 16.7 Å². The third kappa shape index (κ3) is 4.92. The molecule has 6 heteroatoms. The van der Waals surface area contributed by atoms with E-state index >= 15 is 0 Å². The van der Waals surface area contributed by atoms with Crippen molar-refractivity contribution in [2.24, 2.45) is 0 Å². The van der Waals surface area contributed by atoms with Gasteiger partial charge >= 0.3 is 0 Å². The molecule has 0 aliphatic heterocycles. The minimum absolute atomic E-state index is 0.256. The summed E-state index contributed by atoms with van der Waals surface area (Å²) in [5, 5.41) is 0.376. The molecule has 2 aromatic rings. The first kappa shape index (κ1) is 16.1. The topological polar surface area (TPSA) is 43.4 Å². The van der Waals surface area contributed by atoms with Crippen LogP contribution < -0.4 is 4.74 Å². The van der Waals surface area contributed by atoms with Crippen LogP contribution >= 0.6 is 22.3 Å². The van der Waals surface area contributed by atoms with Crippen molar-refractivity contribution >= 4 is 31.3 Å². The zero-order valence-electron chi connectivity index (χ0n) is 11.3. The fourth-order valence-corrected chi connectivity index (χ4v) is 3.28. The normalized spacial score (nSPS) is 11.4. The molecule has 0 amide bonds. The molecule has 0 saturated carbocycles. The van der Waals surface area contributed by atoms with Gasteiger partial charge in [0.2, 0.25) is 9.05 Å². The molecule has 21 heavy (non-hydrogen) atoms. The summed E-state index contributed by atoms with van der Waals surface area (Å²) in [4.78, 5) is 0. The molecule has 0 unspecified atom stereocenters. The number of aryl methyl sites for hydroxylation is 1. The Kier molecular flexibility index (Phi) is 5.14. The first-order valence-electron chi connectivity index (χ1n) is 6.23. The minimum atomic E-state index is -3.61. The Morgan fingerprint density at radius 3 is 2.33 bits per heavy atom. The Balaban J connectivity index is 2.17. The molecule has 0 aliphatic carbocycles. The summed E-state index contributed by atoms with van der Waals surface area (Å²) in [6.45, 7) is 2.21. The van der Waals surface area contributed by atoms with Crippen LogP contribution in [0.2, 0.25) is 5.02 Å². The van der Waals surface area contributed by atoms with E-state index in [2.05, 4.69) is 0 Å². The Morgan fingerprint density at radius 1 is 1.10 bits per heavy atom. The summed E-state index contributed by atoms with van der Waals surface area (Å²) in [5.41, 5.74) is 2.34. The van der Waals surface area contributed by atoms with Crippen molar-refractivity contribution in [3.8, 4) is 5.75 Å². The van der Waals surface area contributed by atoms with Crippen molar-refractivity contribution < 1.29 is 13.2 Å². The van der Waals surface area contributed by atoms with Crippen molar-refractivity contribution in [3.63, 3.8) is 0 Å². The summed E-state index contributed by atoms with van der Waals surface area (Å²) in [6.07, 6.45) is 0. The van der Waals surface area contributed by atoms with Gasteiger partial charge in [-0.2, -0.15) is 0 Å². The molecule has 3 nitrogen and oxygen atoms in total. The van der Waals surface area contributed by atoms with Crippen LogP contribution in [0.3, 0.4) is 0 Å². The second kappa shape index (κ2) is 6.69. The van der Waals surface area contributed by atoms with Crippen molar-refractivity contribution in [2.75, 3.05) is 0 Å². The van der Waals surface area contributed by atoms with Crippen LogP contribution in [-0.2, 0) is 21.4 Å². The van der Waals surface area contributed by atoms with Gasteiger partial charge in [0.1, 0.15) is 12.4 Å². The fraction of sp³-hybridized carbons (Fsp3) is 0.200. The van der Waals surface area contributed by atoms with Crippen LogP contribution in [0.4, 0.5) is 0 Å². The predicted molar refractivity (Wildman–Crippen MR) is 85.4 cm³/mol. The van der Waals surface area contributed by atoms with E-state index in [-0.39, 0.29) is 5.75 Å². The van der Waals surface area contributed by atoms with Gasteiger partial charge in [-0.25, -0.2) is 8.42 Å². The summed E-state index contributed by atoms with van der Waals surface area (Å²) < 4.78 is 27.9. The second-order valence-electron chi connectivity index (χ2n) is 4.68. The van der Waals surface area contributed by atoms with Gasteiger partial charge in [-0.3, -0.25) is 0 Å².